The molecule has 0 saturated carbocycles. The molecule has 0 atom stereocenters. The molecule has 33 heavy (non-hydrogen) atoms. The quantitative estimate of drug-likeness (QED) is 0.459. The molecule has 1 aliphatic rings. The van der Waals surface area contributed by atoms with Crippen molar-refractivity contribution in [3.63, 3.8) is 0 Å². The summed E-state index contributed by atoms with van der Waals surface area (Å²) in [7, 11) is 1.47. The van der Waals surface area contributed by atoms with Crippen LogP contribution in [0.2, 0.25) is 0 Å². The number of carbonyl (C=O) groups is 1. The highest BCUT2D eigenvalue weighted by Crippen LogP contribution is 2.31. The SMILES string of the molecule is CCn1nc(-c2ccc(F)cc2OC)cc1NC(=O)OCc1ccc2c(c1)nc1n2CCC1. The van der Waals surface area contributed by atoms with Gasteiger partial charge in [-0.15, -0.1) is 0 Å². The molecule has 0 fully saturated rings. The fraction of sp³-hybridized carbons (Fsp3) is 0.292. The number of amides is 1. The number of carbonyl (C=O) groups excluding carboxylic acids is 1. The molecule has 0 unspecified atom stereocenters. The highest BCUT2D eigenvalue weighted by atomic mass is 19.1. The van der Waals surface area contributed by atoms with Crippen molar-refractivity contribution in [2.45, 2.75) is 39.5 Å². The first-order chi connectivity index (χ1) is 16.1. The van der Waals surface area contributed by atoms with Crippen molar-refractivity contribution in [3.05, 3.63) is 59.7 Å². The summed E-state index contributed by atoms with van der Waals surface area (Å²) in [4.78, 5) is 17.2. The van der Waals surface area contributed by atoms with Crippen molar-refractivity contribution >= 4 is 22.9 Å². The number of nitrogens with one attached hydrogen (secondary N) is 1. The zero-order valence-electron chi connectivity index (χ0n) is 18.5. The number of anilines is 1. The number of methoxy groups -OCH3 is 1. The lowest BCUT2D eigenvalue weighted by atomic mass is 10.1. The molecule has 0 bridgehead atoms. The summed E-state index contributed by atoms with van der Waals surface area (Å²) >= 11 is 0. The Morgan fingerprint density at radius 1 is 1.21 bits per heavy atom. The fourth-order valence-electron chi connectivity index (χ4n) is 4.21. The number of halogens is 1. The number of rotatable bonds is 6. The highest BCUT2D eigenvalue weighted by molar-refractivity contribution is 5.85. The van der Waals surface area contributed by atoms with Gasteiger partial charge in [-0.25, -0.2) is 18.9 Å². The number of hydrogen-bond donors (Lipinski definition) is 1. The van der Waals surface area contributed by atoms with Crippen LogP contribution in [0.4, 0.5) is 15.0 Å². The summed E-state index contributed by atoms with van der Waals surface area (Å²) in [6.45, 7) is 3.57. The molecule has 0 aliphatic carbocycles. The Morgan fingerprint density at radius 2 is 2.09 bits per heavy atom. The lowest BCUT2D eigenvalue weighted by Gasteiger charge is -2.08. The Kier molecular flexibility index (Phi) is 5.45. The van der Waals surface area contributed by atoms with Crippen LogP contribution < -0.4 is 10.1 Å². The number of nitrogens with zero attached hydrogens (tertiary/aromatic N) is 4. The molecule has 1 amide bonds. The second kappa shape index (κ2) is 8.57. The number of aryl methyl sites for hydroxylation is 3. The second-order valence-electron chi connectivity index (χ2n) is 7.88. The first-order valence-electron chi connectivity index (χ1n) is 10.9. The van der Waals surface area contributed by atoms with Gasteiger partial charge < -0.3 is 14.0 Å². The minimum Gasteiger partial charge on any atom is -0.496 e. The molecule has 2 aromatic heterocycles. The molecule has 3 heterocycles. The standard InChI is InChI=1S/C24H24FN5O3/c1-3-30-23(13-18(28-30)17-8-7-16(25)12-21(17)32-2)27-24(31)33-14-15-6-9-20-19(11-15)26-22-5-4-10-29(20)22/h6-9,11-13H,3-5,10,14H2,1-2H3,(H,27,31). The number of imidazole rings is 1. The first-order valence-corrected chi connectivity index (χ1v) is 10.9. The highest BCUT2D eigenvalue weighted by Gasteiger charge is 2.18. The average molecular weight is 449 g/mol. The van der Waals surface area contributed by atoms with Crippen LogP contribution in [-0.2, 0) is 30.9 Å². The third kappa shape index (κ3) is 4.02. The number of hydrogen-bond acceptors (Lipinski definition) is 5. The van der Waals surface area contributed by atoms with Gasteiger partial charge in [0.1, 0.15) is 29.8 Å². The molecule has 9 heteroatoms. The molecule has 2 aromatic carbocycles. The van der Waals surface area contributed by atoms with E-state index in [1.165, 1.54) is 19.2 Å². The van der Waals surface area contributed by atoms with Gasteiger partial charge in [0.15, 0.2) is 0 Å². The largest absolute Gasteiger partial charge is 0.496 e. The van der Waals surface area contributed by atoms with Gasteiger partial charge in [-0.1, -0.05) is 6.07 Å². The van der Waals surface area contributed by atoms with Crippen molar-refractivity contribution in [2.75, 3.05) is 12.4 Å². The summed E-state index contributed by atoms with van der Waals surface area (Å²) in [5.74, 6) is 1.56. The van der Waals surface area contributed by atoms with E-state index in [1.54, 1.807) is 16.8 Å². The summed E-state index contributed by atoms with van der Waals surface area (Å²) in [5, 5.41) is 7.24. The molecule has 0 radical (unpaired) electrons. The Bertz CT molecular complexity index is 1340. The van der Waals surface area contributed by atoms with Crippen LogP contribution in [0.3, 0.4) is 0 Å². The van der Waals surface area contributed by atoms with E-state index in [9.17, 15) is 9.18 Å². The lowest BCUT2D eigenvalue weighted by molar-refractivity contribution is 0.155. The van der Waals surface area contributed by atoms with Crippen LogP contribution in [0.5, 0.6) is 5.75 Å². The van der Waals surface area contributed by atoms with Crippen molar-refractivity contribution in [1.82, 2.24) is 19.3 Å². The van der Waals surface area contributed by atoms with E-state index in [1.807, 2.05) is 25.1 Å². The summed E-state index contributed by atoms with van der Waals surface area (Å²) in [6.07, 6.45) is 1.54. The van der Waals surface area contributed by atoms with Crippen LogP contribution in [0.25, 0.3) is 22.3 Å². The molecule has 4 aromatic rings. The molecular formula is C24H24FN5O3. The van der Waals surface area contributed by atoms with Crippen LogP contribution in [0, 0.1) is 5.82 Å². The van der Waals surface area contributed by atoms with Crippen molar-refractivity contribution in [3.8, 4) is 17.0 Å². The van der Waals surface area contributed by atoms with E-state index >= 15 is 0 Å². The topological polar surface area (TPSA) is 83.2 Å². The molecular weight excluding hydrogens is 425 g/mol. The number of fused-ring (bicyclic) bond motifs is 3. The molecule has 0 spiro atoms. The smallest absolute Gasteiger partial charge is 0.413 e. The summed E-state index contributed by atoms with van der Waals surface area (Å²) < 4.78 is 28.1. The maximum absolute atomic E-state index is 13.5. The molecule has 5 rings (SSSR count). The molecule has 170 valence electrons. The van der Waals surface area contributed by atoms with Gasteiger partial charge >= 0.3 is 6.09 Å². The predicted molar refractivity (Wildman–Crippen MR) is 122 cm³/mol. The zero-order valence-corrected chi connectivity index (χ0v) is 18.5. The van der Waals surface area contributed by atoms with Gasteiger partial charge in [-0.3, -0.25) is 5.32 Å². The summed E-state index contributed by atoms with van der Waals surface area (Å²) in [6, 6.07) is 11.9. The molecule has 1 N–H and O–H groups in total. The van der Waals surface area contributed by atoms with Gasteiger partial charge in [0, 0.05) is 37.2 Å². The minimum absolute atomic E-state index is 0.128. The zero-order chi connectivity index (χ0) is 22.9. The van der Waals surface area contributed by atoms with Crippen molar-refractivity contribution < 1.29 is 18.7 Å². The average Bonchev–Trinajstić information content (AvgIpc) is 3.51. The van der Waals surface area contributed by atoms with Crippen molar-refractivity contribution in [2.24, 2.45) is 0 Å². The van der Waals surface area contributed by atoms with Gasteiger partial charge in [-0.05, 0) is 43.2 Å². The van der Waals surface area contributed by atoms with Crippen LogP contribution >= 0.6 is 0 Å². The van der Waals surface area contributed by atoms with E-state index in [0.29, 0.717) is 29.4 Å². The van der Waals surface area contributed by atoms with Crippen LogP contribution in [0.15, 0.2) is 42.5 Å². The normalized spacial score (nSPS) is 12.7. The maximum Gasteiger partial charge on any atom is 0.413 e. The van der Waals surface area contributed by atoms with Gasteiger partial charge in [-0.2, -0.15) is 5.10 Å². The summed E-state index contributed by atoms with van der Waals surface area (Å²) in [5.41, 5.74) is 4.10. The Morgan fingerprint density at radius 3 is 2.91 bits per heavy atom. The Balaban J connectivity index is 1.28. The lowest BCUT2D eigenvalue weighted by Crippen LogP contribution is -2.16. The second-order valence-corrected chi connectivity index (χ2v) is 7.88. The van der Waals surface area contributed by atoms with Crippen molar-refractivity contribution in [1.29, 1.82) is 0 Å². The third-order valence-electron chi connectivity index (χ3n) is 5.79. The van der Waals surface area contributed by atoms with E-state index in [-0.39, 0.29) is 6.61 Å². The molecule has 0 saturated heterocycles. The fourth-order valence-corrected chi connectivity index (χ4v) is 4.21. The van der Waals surface area contributed by atoms with E-state index in [2.05, 4.69) is 20.0 Å². The van der Waals surface area contributed by atoms with Gasteiger partial charge in [0.2, 0.25) is 0 Å². The molecule has 8 nitrogen and oxygen atoms in total. The first kappa shape index (κ1) is 21.0. The van der Waals surface area contributed by atoms with E-state index < -0.39 is 11.9 Å². The molecule has 1 aliphatic heterocycles. The Hall–Kier alpha value is -3.88. The predicted octanol–water partition coefficient (Wildman–Crippen LogP) is 4.76. The van der Waals surface area contributed by atoms with E-state index in [4.69, 9.17) is 9.47 Å². The number of aromatic nitrogens is 4. The van der Waals surface area contributed by atoms with E-state index in [0.717, 1.165) is 41.8 Å². The number of benzene rings is 2. The maximum atomic E-state index is 13.5. The number of ether oxygens (including phenoxy) is 2. The van der Waals surface area contributed by atoms with Gasteiger partial charge in [0.25, 0.3) is 0 Å². The Labute approximate surface area is 189 Å². The van der Waals surface area contributed by atoms with Crippen LogP contribution in [-0.4, -0.2) is 32.5 Å². The monoisotopic (exact) mass is 449 g/mol. The third-order valence-corrected chi connectivity index (χ3v) is 5.79. The van der Waals surface area contributed by atoms with Gasteiger partial charge in [0.05, 0.1) is 23.8 Å². The minimum atomic E-state index is -0.588. The van der Waals surface area contributed by atoms with Crippen LogP contribution in [0.1, 0.15) is 24.7 Å².